The number of nitrogens with zero attached hydrogens (tertiary/aromatic N) is 4. The van der Waals surface area contributed by atoms with E-state index in [2.05, 4.69) is 263 Å². The zero-order valence-electron chi connectivity index (χ0n) is 41.6. The molecule has 2 aliphatic heterocycles. The first-order valence-electron chi connectivity index (χ1n) is 24.9. The third-order valence-electron chi connectivity index (χ3n) is 13.8. The normalized spacial score (nSPS) is 12.9. The Morgan fingerprint density at radius 2 is 1.01 bits per heavy atom. The monoisotopic (exact) mass is 938 g/mol. The summed E-state index contributed by atoms with van der Waals surface area (Å²) >= 11 is 0. The minimum Gasteiger partial charge on any atom is -0.312 e. The fourth-order valence-electron chi connectivity index (χ4n) is 10.1. The molecule has 73 heavy (non-hydrogen) atoms. The van der Waals surface area contributed by atoms with Gasteiger partial charge in [-0.05, 0) is 116 Å². The number of aromatic nitrogens is 2. The van der Waals surface area contributed by atoms with Crippen molar-refractivity contribution in [2.75, 3.05) is 9.80 Å². The van der Waals surface area contributed by atoms with Crippen LogP contribution in [-0.2, 0) is 5.41 Å². The maximum Gasteiger partial charge on any atom is 0.244 e. The zero-order chi connectivity index (χ0) is 50.1. The predicted octanol–water partition coefficient (Wildman–Crippen LogP) is 16.5. The molecule has 1 aromatic heterocycles. The molecule has 0 radical (unpaired) electrons. The van der Waals surface area contributed by atoms with Crippen LogP contribution in [0.15, 0.2) is 279 Å². The topological polar surface area (TPSA) is 32.3 Å². The summed E-state index contributed by atoms with van der Waals surface area (Å²) in [5, 5.41) is 0. The van der Waals surface area contributed by atoms with Gasteiger partial charge in [-0.15, -0.1) is 0 Å². The van der Waals surface area contributed by atoms with E-state index in [9.17, 15) is 0 Å². The fourth-order valence-corrected chi connectivity index (χ4v) is 10.1. The van der Waals surface area contributed by atoms with E-state index in [0.717, 1.165) is 101 Å². The highest BCUT2D eigenvalue weighted by Gasteiger charge is 2.42. The molecule has 0 fully saturated rings. The van der Waals surface area contributed by atoms with Gasteiger partial charge in [0.25, 0.3) is 0 Å². The Hall–Kier alpha value is -9.06. The van der Waals surface area contributed by atoms with E-state index in [-0.39, 0.29) is 12.1 Å². The van der Waals surface area contributed by atoms with Crippen molar-refractivity contribution in [2.24, 2.45) is 0 Å². The molecule has 0 atom stereocenters. The number of rotatable bonds is 12. The van der Waals surface area contributed by atoms with Crippen molar-refractivity contribution in [1.29, 1.82) is 0 Å². The van der Waals surface area contributed by atoms with Crippen molar-refractivity contribution in [3.63, 3.8) is 0 Å². The van der Waals surface area contributed by atoms with Crippen molar-refractivity contribution >= 4 is 46.1 Å². The smallest absolute Gasteiger partial charge is 0.244 e. The number of para-hydroxylation sites is 2. The summed E-state index contributed by atoms with van der Waals surface area (Å²) in [6.45, 7) is 19.5. The Bertz CT molecular complexity index is 3530. The van der Waals surface area contributed by atoms with Crippen LogP contribution in [-0.4, -0.2) is 16.7 Å². The van der Waals surface area contributed by atoms with E-state index in [1.165, 1.54) is 11.0 Å². The molecule has 3 heterocycles. The highest BCUT2D eigenvalue weighted by molar-refractivity contribution is 6.93. The minimum absolute atomic E-state index is 0.168. The Labute approximate surface area is 430 Å². The Kier molecular flexibility index (Phi) is 12.5. The van der Waals surface area contributed by atoms with Crippen LogP contribution in [0, 0.1) is 0 Å². The average Bonchev–Trinajstić information content (AvgIpc) is 3.44. The summed E-state index contributed by atoms with van der Waals surface area (Å²) in [4.78, 5) is 15.8. The second-order valence-corrected chi connectivity index (χ2v) is 19.7. The van der Waals surface area contributed by atoms with E-state index in [1.54, 1.807) is 6.08 Å². The van der Waals surface area contributed by atoms with Crippen LogP contribution >= 0.6 is 0 Å². The third-order valence-corrected chi connectivity index (χ3v) is 13.8. The van der Waals surface area contributed by atoms with Crippen LogP contribution in [0.25, 0.3) is 56.2 Å². The Balaban J connectivity index is 1.22. The van der Waals surface area contributed by atoms with E-state index in [1.807, 2.05) is 24.3 Å². The van der Waals surface area contributed by atoms with Crippen LogP contribution in [0.2, 0.25) is 0 Å². The van der Waals surface area contributed by atoms with E-state index in [0.29, 0.717) is 5.82 Å². The van der Waals surface area contributed by atoms with Crippen LogP contribution in [0.1, 0.15) is 26.3 Å². The molecule has 0 aliphatic carbocycles. The second-order valence-electron chi connectivity index (χ2n) is 19.7. The lowest BCUT2D eigenvalue weighted by Crippen LogP contribution is -2.53. The van der Waals surface area contributed by atoms with E-state index in [4.69, 9.17) is 9.97 Å². The molecule has 0 amide bonds. The first kappa shape index (κ1) is 46.3. The van der Waals surface area contributed by atoms with Crippen molar-refractivity contribution in [3.05, 3.63) is 285 Å². The van der Waals surface area contributed by atoms with Gasteiger partial charge in [0.15, 0.2) is 5.82 Å². The van der Waals surface area contributed by atoms with Crippen LogP contribution < -0.4 is 20.7 Å². The number of allylic oxidation sites excluding steroid dienone is 7. The number of benzene rings is 8. The third kappa shape index (κ3) is 9.14. The SMILES string of the molecule is C=C/C=C\C(=C)C(=C)/C=C\C1=CB2c3cccc(-c4nc(-c5ccccc5)cc(-c5ccccc5)n4)c3N(c3ccccc3)c3cc(C(C)(C)C)cc(c32)N1c1cc(-c2ccccc2)cc(-c2ccccc2)c1. The highest BCUT2D eigenvalue weighted by atomic mass is 15.2. The van der Waals surface area contributed by atoms with Gasteiger partial charge in [0, 0.05) is 45.1 Å². The summed E-state index contributed by atoms with van der Waals surface area (Å²) in [7, 11) is 0. The predicted molar refractivity (Wildman–Crippen MR) is 311 cm³/mol. The van der Waals surface area contributed by atoms with Gasteiger partial charge in [0.2, 0.25) is 6.71 Å². The molecule has 350 valence electrons. The average molecular weight is 939 g/mol. The van der Waals surface area contributed by atoms with Crippen molar-refractivity contribution in [2.45, 2.75) is 26.2 Å². The maximum atomic E-state index is 5.45. The lowest BCUT2D eigenvalue weighted by Gasteiger charge is -2.44. The maximum absolute atomic E-state index is 5.45. The number of hydrogen-bond acceptors (Lipinski definition) is 4. The molecule has 0 N–H and O–H groups in total. The van der Waals surface area contributed by atoms with Gasteiger partial charge < -0.3 is 9.80 Å². The molecule has 9 aromatic rings. The summed E-state index contributed by atoms with van der Waals surface area (Å²) < 4.78 is 0. The molecule has 11 rings (SSSR count). The van der Waals surface area contributed by atoms with Crippen molar-refractivity contribution in [1.82, 2.24) is 9.97 Å². The number of fused-ring (bicyclic) bond motifs is 2. The molecule has 0 spiro atoms. The standard InChI is InChI=1S/C68H55BN4/c1-7-8-25-47(2)48(3)38-39-57-46-69-60-37-24-36-59(67-70-61(51-30-18-11-19-31-51)45-62(71-67)52-32-20-12-21-33-52)66(60)73(56-34-22-13-23-35-56)64-44-55(68(4,5)6)43-63(65(64)69)72(57)58-41-53(49-26-14-9-15-27-49)40-54(42-58)50-28-16-10-17-29-50/h7-46H,1-3H2,4-6H3/b25-8-,39-38-. The number of anilines is 5. The highest BCUT2D eigenvalue weighted by Crippen LogP contribution is 2.48. The van der Waals surface area contributed by atoms with Gasteiger partial charge >= 0.3 is 0 Å². The first-order valence-corrected chi connectivity index (χ1v) is 24.9. The Morgan fingerprint density at radius 1 is 0.507 bits per heavy atom. The van der Waals surface area contributed by atoms with Gasteiger partial charge in [0.1, 0.15) is 0 Å². The van der Waals surface area contributed by atoms with E-state index < -0.39 is 0 Å². The first-order chi connectivity index (χ1) is 35.6. The minimum atomic E-state index is -0.228. The van der Waals surface area contributed by atoms with Crippen molar-refractivity contribution in [3.8, 4) is 56.2 Å². The van der Waals surface area contributed by atoms with Gasteiger partial charge in [-0.2, -0.15) is 0 Å². The van der Waals surface area contributed by atoms with Crippen LogP contribution in [0.5, 0.6) is 0 Å². The molecular formula is C68H55BN4. The summed E-state index contributed by atoms with van der Waals surface area (Å²) in [6, 6.07) is 73.6. The molecular weight excluding hydrogens is 884 g/mol. The molecule has 0 unspecified atom stereocenters. The van der Waals surface area contributed by atoms with E-state index >= 15 is 0 Å². The second kappa shape index (κ2) is 19.6. The van der Waals surface area contributed by atoms with Gasteiger partial charge in [0.05, 0.1) is 17.1 Å². The Morgan fingerprint density at radius 3 is 1.55 bits per heavy atom. The largest absolute Gasteiger partial charge is 0.312 e. The summed E-state index contributed by atoms with van der Waals surface area (Å²) in [6.07, 6.45) is 9.92. The van der Waals surface area contributed by atoms with Gasteiger partial charge in [-0.25, -0.2) is 9.97 Å². The zero-order valence-corrected chi connectivity index (χ0v) is 41.6. The summed E-state index contributed by atoms with van der Waals surface area (Å²) in [5.41, 5.74) is 20.6. The lowest BCUT2D eigenvalue weighted by atomic mass is 9.37. The van der Waals surface area contributed by atoms with Gasteiger partial charge in [-0.3, -0.25) is 0 Å². The quantitative estimate of drug-likeness (QED) is 0.0902. The van der Waals surface area contributed by atoms with Crippen LogP contribution in [0.3, 0.4) is 0 Å². The number of hydrogen-bond donors (Lipinski definition) is 0. The molecule has 4 nitrogen and oxygen atoms in total. The molecule has 8 aromatic carbocycles. The molecule has 0 saturated heterocycles. The fraction of sp³-hybridized carbons (Fsp3) is 0.0588. The molecule has 5 heteroatoms. The van der Waals surface area contributed by atoms with Gasteiger partial charge in [-0.1, -0.05) is 222 Å². The molecule has 0 saturated carbocycles. The molecule has 0 bridgehead atoms. The lowest BCUT2D eigenvalue weighted by molar-refractivity contribution is 0.590. The summed E-state index contributed by atoms with van der Waals surface area (Å²) in [5.74, 6) is 3.09. The molecule has 2 aliphatic rings. The van der Waals surface area contributed by atoms with Crippen LogP contribution in [0.4, 0.5) is 28.4 Å². The van der Waals surface area contributed by atoms with Crippen molar-refractivity contribution < 1.29 is 0 Å².